The van der Waals surface area contributed by atoms with Crippen molar-refractivity contribution in [1.82, 2.24) is 0 Å². The molecule has 0 radical (unpaired) electrons. The summed E-state index contributed by atoms with van der Waals surface area (Å²) in [6.45, 7) is 0. The third-order valence-electron chi connectivity index (χ3n) is 1.40. The van der Waals surface area contributed by atoms with Crippen LogP contribution < -0.4 is 5.14 Å². The van der Waals surface area contributed by atoms with Gasteiger partial charge in [0.1, 0.15) is 9.99 Å². The van der Waals surface area contributed by atoms with Crippen LogP contribution in [0.5, 0.6) is 0 Å². The van der Waals surface area contributed by atoms with Crippen molar-refractivity contribution in [2.24, 2.45) is 5.14 Å². The first-order valence-corrected chi connectivity index (χ1v) is 5.13. The summed E-state index contributed by atoms with van der Waals surface area (Å²) in [5, 5.41) is 6.12. The normalized spacial score (nSPS) is 15.2. The van der Waals surface area contributed by atoms with Gasteiger partial charge < -0.3 is 4.55 Å². The van der Waals surface area contributed by atoms with E-state index in [4.69, 9.17) is 9.69 Å². The number of hydrogen-bond acceptors (Lipinski definition) is 1. The molecule has 1 aromatic carbocycles. The molecule has 3 N–H and O–H groups in total. The molecule has 0 aliphatic heterocycles. The van der Waals surface area contributed by atoms with Gasteiger partial charge in [0.2, 0.25) is 0 Å². The SMILES string of the molecule is NS(=O)(O)=CCc1ccccc1. The molecule has 0 heterocycles. The maximum absolute atomic E-state index is 10.6. The maximum Gasteiger partial charge on any atom is 0.139 e. The van der Waals surface area contributed by atoms with Crippen molar-refractivity contribution in [2.45, 2.75) is 6.42 Å². The fourth-order valence-corrected chi connectivity index (χ4v) is 1.26. The topological polar surface area (TPSA) is 63.3 Å². The molecule has 0 aliphatic carbocycles. The van der Waals surface area contributed by atoms with Crippen molar-refractivity contribution < 1.29 is 8.76 Å². The molecular formula is C8H11NO2S. The second kappa shape index (κ2) is 3.71. The molecule has 0 spiro atoms. The quantitative estimate of drug-likeness (QED) is 0.665. The van der Waals surface area contributed by atoms with Crippen molar-refractivity contribution in [3.63, 3.8) is 0 Å². The Morgan fingerprint density at radius 2 is 2.00 bits per heavy atom. The summed E-state index contributed by atoms with van der Waals surface area (Å²) in [4.78, 5) is 0. The van der Waals surface area contributed by atoms with Gasteiger partial charge in [-0.2, -0.15) is 0 Å². The van der Waals surface area contributed by atoms with Crippen molar-refractivity contribution in [1.29, 1.82) is 0 Å². The molecule has 0 amide bonds. The van der Waals surface area contributed by atoms with E-state index in [1.54, 1.807) is 0 Å². The van der Waals surface area contributed by atoms with Crippen LogP contribution in [0.4, 0.5) is 0 Å². The van der Waals surface area contributed by atoms with E-state index in [1.165, 1.54) is 5.37 Å². The lowest BCUT2D eigenvalue weighted by Crippen LogP contribution is -2.14. The summed E-state index contributed by atoms with van der Waals surface area (Å²) in [5.41, 5.74) is 0.977. The largest absolute Gasteiger partial charge is 0.303 e. The van der Waals surface area contributed by atoms with Gasteiger partial charge in [-0.15, -0.1) is 0 Å². The first-order valence-electron chi connectivity index (χ1n) is 3.49. The second-order valence-corrected chi connectivity index (χ2v) is 4.03. The van der Waals surface area contributed by atoms with E-state index in [2.05, 4.69) is 0 Å². The van der Waals surface area contributed by atoms with E-state index in [9.17, 15) is 4.21 Å². The van der Waals surface area contributed by atoms with Gasteiger partial charge in [0.25, 0.3) is 0 Å². The molecule has 1 unspecified atom stereocenters. The van der Waals surface area contributed by atoms with Crippen molar-refractivity contribution in [3.05, 3.63) is 35.9 Å². The summed E-state index contributed by atoms with van der Waals surface area (Å²) in [5.74, 6) is 0. The van der Waals surface area contributed by atoms with Crippen LogP contribution in [0.25, 0.3) is 0 Å². The Hall–Kier alpha value is -0.840. The smallest absolute Gasteiger partial charge is 0.139 e. The lowest BCUT2D eigenvalue weighted by Gasteiger charge is -1.95. The highest BCUT2D eigenvalue weighted by Gasteiger charge is 1.91. The molecular weight excluding hydrogens is 174 g/mol. The molecule has 0 fully saturated rings. The highest BCUT2D eigenvalue weighted by Crippen LogP contribution is 1.97. The van der Waals surface area contributed by atoms with Gasteiger partial charge in [-0.25, -0.2) is 9.35 Å². The lowest BCUT2D eigenvalue weighted by molar-refractivity contribution is 0.561. The van der Waals surface area contributed by atoms with Gasteiger partial charge in [0.15, 0.2) is 0 Å². The average molecular weight is 185 g/mol. The Morgan fingerprint density at radius 3 is 2.50 bits per heavy atom. The minimum atomic E-state index is -3.20. The van der Waals surface area contributed by atoms with Crippen LogP contribution >= 0.6 is 0 Å². The zero-order chi connectivity index (χ0) is 9.03. The average Bonchev–Trinajstić information content (AvgIpc) is 2.02. The van der Waals surface area contributed by atoms with Gasteiger partial charge in [-0.05, 0) is 5.56 Å². The first kappa shape index (κ1) is 9.25. The molecule has 0 aromatic heterocycles. The Balaban J connectivity index is 2.74. The summed E-state index contributed by atoms with van der Waals surface area (Å²) in [6, 6.07) is 9.39. The Bertz CT molecular complexity index is 345. The predicted molar refractivity (Wildman–Crippen MR) is 51.2 cm³/mol. The van der Waals surface area contributed by atoms with Crippen LogP contribution in [-0.2, 0) is 16.4 Å². The number of hydrogen-bond donors (Lipinski definition) is 2. The molecule has 1 rings (SSSR count). The summed E-state index contributed by atoms with van der Waals surface area (Å²) < 4.78 is 19.4. The Labute approximate surface area is 72.2 Å². The molecule has 0 aliphatic rings. The maximum atomic E-state index is 10.6. The second-order valence-electron chi connectivity index (χ2n) is 2.47. The predicted octanol–water partition coefficient (Wildman–Crippen LogP) is 0.662. The van der Waals surface area contributed by atoms with E-state index in [1.807, 2.05) is 30.3 Å². The molecule has 4 heteroatoms. The van der Waals surface area contributed by atoms with E-state index in [0.29, 0.717) is 6.42 Å². The van der Waals surface area contributed by atoms with Crippen molar-refractivity contribution >= 4 is 15.4 Å². The first-order chi connectivity index (χ1) is 5.58. The molecule has 0 saturated carbocycles. The van der Waals surface area contributed by atoms with Crippen LogP contribution in [0.2, 0.25) is 0 Å². The zero-order valence-electron chi connectivity index (χ0n) is 6.51. The number of rotatable bonds is 2. The van der Waals surface area contributed by atoms with E-state index in [-0.39, 0.29) is 0 Å². The van der Waals surface area contributed by atoms with Crippen molar-refractivity contribution in [3.8, 4) is 0 Å². The number of nitrogens with two attached hydrogens (primary N) is 1. The van der Waals surface area contributed by atoms with Crippen LogP contribution in [0.15, 0.2) is 30.3 Å². The van der Waals surface area contributed by atoms with Crippen molar-refractivity contribution in [2.75, 3.05) is 0 Å². The molecule has 3 nitrogen and oxygen atoms in total. The molecule has 1 aromatic rings. The minimum absolute atomic E-state index is 0.423. The standard InChI is InChI=1S/C8H11NO2S/c9-12(10,11)7-6-8-4-2-1-3-5-8/h1-5,7H,6H2,(H3,9,10,11). The van der Waals surface area contributed by atoms with Crippen LogP contribution in [0.1, 0.15) is 5.56 Å². The highest BCUT2D eigenvalue weighted by atomic mass is 32.2. The third-order valence-corrected chi connectivity index (χ3v) is 2.04. The molecule has 0 bridgehead atoms. The summed E-state index contributed by atoms with van der Waals surface area (Å²) in [7, 11) is -3.20. The summed E-state index contributed by atoms with van der Waals surface area (Å²) in [6.07, 6.45) is 0.423. The van der Waals surface area contributed by atoms with E-state index in [0.717, 1.165) is 5.56 Å². The zero-order valence-corrected chi connectivity index (χ0v) is 7.33. The van der Waals surface area contributed by atoms with Gasteiger partial charge in [-0.3, -0.25) is 0 Å². The highest BCUT2D eigenvalue weighted by molar-refractivity contribution is 7.94. The van der Waals surface area contributed by atoms with Crippen LogP contribution in [0, 0.1) is 0 Å². The molecule has 0 saturated heterocycles. The lowest BCUT2D eigenvalue weighted by atomic mass is 10.2. The minimum Gasteiger partial charge on any atom is -0.303 e. The molecule has 12 heavy (non-hydrogen) atoms. The van der Waals surface area contributed by atoms with E-state index < -0.39 is 9.99 Å². The van der Waals surface area contributed by atoms with Gasteiger partial charge in [-0.1, -0.05) is 30.3 Å². The monoisotopic (exact) mass is 185 g/mol. The fraction of sp³-hybridized carbons (Fsp3) is 0.125. The Morgan fingerprint density at radius 1 is 1.42 bits per heavy atom. The third kappa shape index (κ3) is 3.52. The van der Waals surface area contributed by atoms with Crippen LogP contribution in [-0.4, -0.2) is 14.1 Å². The fourth-order valence-electron chi connectivity index (χ4n) is 0.830. The van der Waals surface area contributed by atoms with Gasteiger partial charge in [0.05, 0.1) is 0 Å². The summed E-state index contributed by atoms with van der Waals surface area (Å²) >= 11 is 0. The van der Waals surface area contributed by atoms with Gasteiger partial charge >= 0.3 is 0 Å². The molecule has 1 atom stereocenters. The number of benzene rings is 1. The van der Waals surface area contributed by atoms with Gasteiger partial charge in [0, 0.05) is 11.8 Å². The van der Waals surface area contributed by atoms with Crippen LogP contribution in [0.3, 0.4) is 0 Å². The Kier molecular flexibility index (Phi) is 2.86. The van der Waals surface area contributed by atoms with E-state index >= 15 is 0 Å². The molecule has 66 valence electrons.